The lowest BCUT2D eigenvalue weighted by molar-refractivity contribution is -0.127. The molecule has 0 bridgehead atoms. The SMILES string of the molecule is Cc1ccc(C(=O)NCC2CC(=O)N(CCc3ccccc3)C2)cc1. The van der Waals surface area contributed by atoms with Crippen molar-refractivity contribution >= 4 is 11.8 Å². The highest BCUT2D eigenvalue weighted by Crippen LogP contribution is 2.18. The first-order chi connectivity index (χ1) is 12.1. The Bertz CT molecular complexity index is 725. The van der Waals surface area contributed by atoms with E-state index in [0.29, 0.717) is 18.5 Å². The van der Waals surface area contributed by atoms with E-state index in [1.54, 1.807) is 0 Å². The topological polar surface area (TPSA) is 49.4 Å². The maximum Gasteiger partial charge on any atom is 0.251 e. The summed E-state index contributed by atoms with van der Waals surface area (Å²) in [7, 11) is 0. The fourth-order valence-corrected chi connectivity index (χ4v) is 3.16. The molecular weight excluding hydrogens is 312 g/mol. The van der Waals surface area contributed by atoms with Crippen molar-refractivity contribution in [2.45, 2.75) is 19.8 Å². The van der Waals surface area contributed by atoms with Gasteiger partial charge >= 0.3 is 0 Å². The molecule has 1 N–H and O–H groups in total. The molecule has 1 unspecified atom stereocenters. The minimum Gasteiger partial charge on any atom is -0.352 e. The fraction of sp³-hybridized carbons (Fsp3) is 0.333. The Hall–Kier alpha value is -2.62. The molecule has 1 saturated heterocycles. The van der Waals surface area contributed by atoms with E-state index in [2.05, 4.69) is 17.4 Å². The van der Waals surface area contributed by atoms with Crippen molar-refractivity contribution in [3.8, 4) is 0 Å². The predicted molar refractivity (Wildman–Crippen MR) is 98.3 cm³/mol. The molecule has 0 aromatic heterocycles. The first-order valence-electron chi connectivity index (χ1n) is 8.78. The summed E-state index contributed by atoms with van der Waals surface area (Å²) < 4.78 is 0. The van der Waals surface area contributed by atoms with Gasteiger partial charge in [0.1, 0.15) is 0 Å². The Morgan fingerprint density at radius 3 is 2.56 bits per heavy atom. The van der Waals surface area contributed by atoms with E-state index in [9.17, 15) is 9.59 Å². The van der Waals surface area contributed by atoms with Gasteiger partial charge in [0.25, 0.3) is 5.91 Å². The van der Waals surface area contributed by atoms with Gasteiger partial charge in [-0.2, -0.15) is 0 Å². The predicted octanol–water partition coefficient (Wildman–Crippen LogP) is 2.82. The molecule has 2 amide bonds. The van der Waals surface area contributed by atoms with Gasteiger partial charge in [-0.05, 0) is 31.0 Å². The van der Waals surface area contributed by atoms with Crippen molar-refractivity contribution in [1.82, 2.24) is 10.2 Å². The molecule has 0 aliphatic carbocycles. The highest BCUT2D eigenvalue weighted by molar-refractivity contribution is 5.94. The van der Waals surface area contributed by atoms with Crippen LogP contribution in [0.1, 0.15) is 27.9 Å². The molecule has 4 heteroatoms. The Kier molecular flexibility index (Phi) is 5.49. The van der Waals surface area contributed by atoms with Crippen LogP contribution in [0.25, 0.3) is 0 Å². The van der Waals surface area contributed by atoms with E-state index in [1.807, 2.05) is 54.3 Å². The van der Waals surface area contributed by atoms with Crippen LogP contribution in [0.15, 0.2) is 54.6 Å². The molecule has 1 heterocycles. The molecule has 4 nitrogen and oxygen atoms in total. The van der Waals surface area contributed by atoms with Crippen LogP contribution >= 0.6 is 0 Å². The highest BCUT2D eigenvalue weighted by Gasteiger charge is 2.29. The second-order valence-electron chi connectivity index (χ2n) is 6.72. The molecule has 1 aliphatic heterocycles. The minimum atomic E-state index is -0.0739. The Balaban J connectivity index is 1.46. The van der Waals surface area contributed by atoms with Gasteiger partial charge in [0.2, 0.25) is 5.91 Å². The molecule has 1 atom stereocenters. The zero-order chi connectivity index (χ0) is 17.6. The Labute approximate surface area is 148 Å². The number of amides is 2. The first-order valence-corrected chi connectivity index (χ1v) is 8.78. The van der Waals surface area contributed by atoms with Crippen LogP contribution in [-0.4, -0.2) is 36.3 Å². The molecule has 1 aliphatic rings. The maximum absolute atomic E-state index is 12.2. The number of rotatable bonds is 6. The summed E-state index contributed by atoms with van der Waals surface area (Å²) in [6.07, 6.45) is 1.39. The van der Waals surface area contributed by atoms with Gasteiger partial charge in [-0.3, -0.25) is 9.59 Å². The summed E-state index contributed by atoms with van der Waals surface area (Å²) >= 11 is 0. The number of likely N-dealkylation sites (tertiary alicyclic amines) is 1. The minimum absolute atomic E-state index is 0.0739. The summed E-state index contributed by atoms with van der Waals surface area (Å²) in [6.45, 7) is 4.00. The van der Waals surface area contributed by atoms with Gasteiger partial charge in [0.05, 0.1) is 0 Å². The lowest BCUT2D eigenvalue weighted by atomic mass is 10.1. The standard InChI is InChI=1S/C21H24N2O2/c1-16-7-9-19(10-8-16)21(25)22-14-18-13-20(24)23(15-18)12-11-17-5-3-2-4-6-17/h2-10,18H,11-15H2,1H3,(H,22,25). The van der Waals surface area contributed by atoms with E-state index in [0.717, 1.165) is 25.1 Å². The van der Waals surface area contributed by atoms with Gasteiger partial charge in [-0.1, -0.05) is 48.0 Å². The number of benzene rings is 2. The zero-order valence-electron chi connectivity index (χ0n) is 14.6. The van der Waals surface area contributed by atoms with E-state index < -0.39 is 0 Å². The second-order valence-corrected chi connectivity index (χ2v) is 6.72. The molecule has 130 valence electrons. The molecule has 1 fully saturated rings. The van der Waals surface area contributed by atoms with Crippen molar-refractivity contribution in [3.05, 3.63) is 71.3 Å². The molecule has 0 spiro atoms. The molecule has 0 radical (unpaired) electrons. The molecule has 3 rings (SSSR count). The first kappa shape index (κ1) is 17.2. The van der Waals surface area contributed by atoms with Gasteiger partial charge in [0.15, 0.2) is 0 Å². The van der Waals surface area contributed by atoms with Crippen LogP contribution in [0.5, 0.6) is 0 Å². The average Bonchev–Trinajstić information content (AvgIpc) is 2.99. The number of nitrogens with zero attached hydrogens (tertiary/aromatic N) is 1. The average molecular weight is 336 g/mol. The number of hydrogen-bond donors (Lipinski definition) is 1. The third-order valence-corrected chi connectivity index (χ3v) is 4.67. The van der Waals surface area contributed by atoms with Crippen LogP contribution in [0, 0.1) is 12.8 Å². The summed E-state index contributed by atoms with van der Waals surface area (Å²) in [5.74, 6) is 0.304. The van der Waals surface area contributed by atoms with Crippen molar-refractivity contribution < 1.29 is 9.59 Å². The molecule has 0 saturated carbocycles. The van der Waals surface area contributed by atoms with E-state index in [1.165, 1.54) is 5.56 Å². The van der Waals surface area contributed by atoms with E-state index in [4.69, 9.17) is 0 Å². The third-order valence-electron chi connectivity index (χ3n) is 4.67. The van der Waals surface area contributed by atoms with Gasteiger partial charge in [-0.15, -0.1) is 0 Å². The van der Waals surface area contributed by atoms with Gasteiger partial charge < -0.3 is 10.2 Å². The normalized spacial score (nSPS) is 16.9. The lowest BCUT2D eigenvalue weighted by Gasteiger charge is -2.17. The van der Waals surface area contributed by atoms with E-state index >= 15 is 0 Å². The largest absolute Gasteiger partial charge is 0.352 e. The van der Waals surface area contributed by atoms with Gasteiger partial charge in [-0.25, -0.2) is 0 Å². The van der Waals surface area contributed by atoms with Crippen LogP contribution in [-0.2, 0) is 11.2 Å². The van der Waals surface area contributed by atoms with Crippen LogP contribution < -0.4 is 5.32 Å². The number of carbonyl (C=O) groups is 2. The van der Waals surface area contributed by atoms with Gasteiger partial charge in [0, 0.05) is 37.5 Å². The van der Waals surface area contributed by atoms with Crippen molar-refractivity contribution in [3.63, 3.8) is 0 Å². The van der Waals surface area contributed by atoms with Crippen molar-refractivity contribution in [1.29, 1.82) is 0 Å². The third kappa shape index (κ3) is 4.69. The fourth-order valence-electron chi connectivity index (χ4n) is 3.16. The highest BCUT2D eigenvalue weighted by atomic mass is 16.2. The molecule has 2 aromatic carbocycles. The summed E-state index contributed by atoms with van der Waals surface area (Å²) in [5.41, 5.74) is 3.04. The Morgan fingerprint density at radius 1 is 1.12 bits per heavy atom. The molecule has 2 aromatic rings. The maximum atomic E-state index is 12.2. The smallest absolute Gasteiger partial charge is 0.251 e. The van der Waals surface area contributed by atoms with Crippen molar-refractivity contribution in [2.75, 3.05) is 19.6 Å². The number of hydrogen-bond acceptors (Lipinski definition) is 2. The number of aryl methyl sites for hydroxylation is 1. The van der Waals surface area contributed by atoms with Crippen LogP contribution in [0.3, 0.4) is 0 Å². The summed E-state index contributed by atoms with van der Waals surface area (Å²) in [4.78, 5) is 26.3. The Morgan fingerprint density at radius 2 is 1.84 bits per heavy atom. The van der Waals surface area contributed by atoms with Crippen LogP contribution in [0.2, 0.25) is 0 Å². The van der Waals surface area contributed by atoms with Crippen LogP contribution in [0.4, 0.5) is 0 Å². The molecular formula is C21H24N2O2. The second kappa shape index (κ2) is 7.97. The zero-order valence-corrected chi connectivity index (χ0v) is 14.6. The lowest BCUT2D eigenvalue weighted by Crippen LogP contribution is -2.32. The van der Waals surface area contributed by atoms with E-state index in [-0.39, 0.29) is 17.7 Å². The van der Waals surface area contributed by atoms with Crippen molar-refractivity contribution in [2.24, 2.45) is 5.92 Å². The monoisotopic (exact) mass is 336 g/mol. The number of nitrogens with one attached hydrogen (secondary N) is 1. The quantitative estimate of drug-likeness (QED) is 0.882. The summed E-state index contributed by atoms with van der Waals surface area (Å²) in [5, 5.41) is 2.96. The number of carbonyl (C=O) groups excluding carboxylic acids is 2. The summed E-state index contributed by atoms with van der Waals surface area (Å²) in [6, 6.07) is 17.7. The molecule has 25 heavy (non-hydrogen) atoms.